The van der Waals surface area contributed by atoms with E-state index in [4.69, 9.17) is 4.74 Å². The van der Waals surface area contributed by atoms with Crippen molar-refractivity contribution in [3.05, 3.63) is 34.9 Å². The number of nitrogens with one attached hydrogen (secondary N) is 2. The molecule has 0 fully saturated rings. The zero-order valence-electron chi connectivity index (χ0n) is 11.3. The van der Waals surface area contributed by atoms with Crippen molar-refractivity contribution in [2.24, 2.45) is 0 Å². The summed E-state index contributed by atoms with van der Waals surface area (Å²) in [6, 6.07) is 6.48. The van der Waals surface area contributed by atoms with Gasteiger partial charge in [0.25, 0.3) is 0 Å². The number of carbonyl (C=O) groups excluding carboxylic acids is 1. The topological polar surface area (TPSA) is 79.9 Å². The largest absolute Gasteiger partial charge is 0.466 e. The summed E-state index contributed by atoms with van der Waals surface area (Å²) < 4.78 is 4.84. The molecule has 0 aliphatic heterocycles. The van der Waals surface area contributed by atoms with Crippen LogP contribution in [-0.4, -0.2) is 28.2 Å². The van der Waals surface area contributed by atoms with E-state index in [1.54, 1.807) is 0 Å². The van der Waals surface area contributed by atoms with Crippen LogP contribution in [0.4, 0.5) is 5.95 Å². The molecule has 2 N–H and O–H groups in total. The molecule has 0 atom stereocenters. The van der Waals surface area contributed by atoms with E-state index in [0.717, 1.165) is 18.4 Å². The minimum atomic E-state index is -0.123. The lowest BCUT2D eigenvalue weighted by Gasteiger charge is -2.05. The Morgan fingerprint density at radius 1 is 1.40 bits per heavy atom. The summed E-state index contributed by atoms with van der Waals surface area (Å²) in [4.78, 5) is 15.9. The number of ether oxygens (including phenoxy) is 1. The maximum Gasteiger partial charge on any atom is 0.336 e. The molecule has 0 unspecified atom stereocenters. The van der Waals surface area contributed by atoms with Gasteiger partial charge in [-0.25, -0.2) is 5.10 Å². The van der Waals surface area contributed by atoms with Crippen molar-refractivity contribution in [1.29, 1.82) is 0 Å². The third-order valence-electron chi connectivity index (χ3n) is 3.43. The molecule has 3 rings (SSSR count). The Labute approximate surface area is 116 Å². The van der Waals surface area contributed by atoms with Gasteiger partial charge >= 0.3 is 6.01 Å². The Morgan fingerprint density at radius 3 is 3.05 bits per heavy atom. The van der Waals surface area contributed by atoms with Crippen LogP contribution in [0.3, 0.4) is 0 Å². The molecule has 1 aromatic heterocycles. The number of benzene rings is 1. The van der Waals surface area contributed by atoms with Crippen molar-refractivity contribution in [3.63, 3.8) is 0 Å². The summed E-state index contributed by atoms with van der Waals surface area (Å²) >= 11 is 0. The average molecular weight is 272 g/mol. The number of carbonyl (C=O) groups is 1. The van der Waals surface area contributed by atoms with Crippen LogP contribution in [0.2, 0.25) is 0 Å². The first-order valence-electron chi connectivity index (χ1n) is 6.61. The van der Waals surface area contributed by atoms with Crippen LogP contribution in [0.1, 0.15) is 23.1 Å². The van der Waals surface area contributed by atoms with E-state index in [1.165, 1.54) is 24.7 Å². The van der Waals surface area contributed by atoms with Crippen LogP contribution in [0.25, 0.3) is 0 Å². The van der Waals surface area contributed by atoms with Crippen LogP contribution in [0.15, 0.2) is 18.2 Å². The molecule has 0 saturated heterocycles. The highest BCUT2D eigenvalue weighted by atomic mass is 16.5. The van der Waals surface area contributed by atoms with Crippen molar-refractivity contribution in [3.8, 4) is 6.01 Å². The number of hydrogen-bond donors (Lipinski definition) is 2. The lowest BCUT2D eigenvalue weighted by molar-refractivity contribution is -0.115. The first-order valence-corrected chi connectivity index (χ1v) is 6.61. The quantitative estimate of drug-likeness (QED) is 0.883. The number of aromatic amines is 1. The summed E-state index contributed by atoms with van der Waals surface area (Å²) in [5.41, 5.74) is 3.81. The maximum atomic E-state index is 11.9. The normalized spacial score (nSPS) is 13.1. The van der Waals surface area contributed by atoms with Crippen molar-refractivity contribution in [2.75, 3.05) is 12.4 Å². The molecule has 0 saturated carbocycles. The van der Waals surface area contributed by atoms with Gasteiger partial charge in [0.2, 0.25) is 11.9 Å². The monoisotopic (exact) mass is 272 g/mol. The molecule has 104 valence electrons. The van der Waals surface area contributed by atoms with Gasteiger partial charge in [-0.2, -0.15) is 4.98 Å². The summed E-state index contributed by atoms with van der Waals surface area (Å²) in [5.74, 6) is 0.176. The van der Waals surface area contributed by atoms with Gasteiger partial charge in [0.1, 0.15) is 0 Å². The number of hydrogen-bond acceptors (Lipinski definition) is 4. The van der Waals surface area contributed by atoms with Crippen LogP contribution in [0, 0.1) is 0 Å². The number of amides is 1. The van der Waals surface area contributed by atoms with E-state index in [9.17, 15) is 4.79 Å². The molecule has 1 aromatic carbocycles. The SMILES string of the molecule is COc1n[nH]c(NC(=O)Cc2ccc3c(c2)CCC3)n1. The van der Waals surface area contributed by atoms with Gasteiger partial charge in [-0.05, 0) is 36.0 Å². The van der Waals surface area contributed by atoms with E-state index >= 15 is 0 Å². The second kappa shape index (κ2) is 5.32. The Balaban J connectivity index is 1.64. The highest BCUT2D eigenvalue weighted by Gasteiger charge is 2.13. The van der Waals surface area contributed by atoms with Gasteiger partial charge in [0.05, 0.1) is 13.5 Å². The number of nitrogens with zero attached hydrogens (tertiary/aromatic N) is 2. The summed E-state index contributed by atoms with van der Waals surface area (Å²) in [5, 5.41) is 9.03. The third-order valence-corrected chi connectivity index (χ3v) is 3.43. The molecular formula is C14H16N4O2. The maximum absolute atomic E-state index is 11.9. The zero-order chi connectivity index (χ0) is 13.9. The summed E-state index contributed by atoms with van der Waals surface area (Å²) in [6.07, 6.45) is 3.81. The van der Waals surface area contributed by atoms with Crippen molar-refractivity contribution >= 4 is 11.9 Å². The summed E-state index contributed by atoms with van der Waals surface area (Å²) in [7, 11) is 1.47. The van der Waals surface area contributed by atoms with Crippen LogP contribution < -0.4 is 10.1 Å². The van der Waals surface area contributed by atoms with Crippen LogP contribution in [-0.2, 0) is 24.1 Å². The fourth-order valence-electron chi connectivity index (χ4n) is 2.49. The number of aryl methyl sites for hydroxylation is 2. The molecule has 1 heterocycles. The van der Waals surface area contributed by atoms with Gasteiger partial charge in [-0.15, -0.1) is 5.10 Å². The van der Waals surface area contributed by atoms with Gasteiger partial charge < -0.3 is 4.74 Å². The fourth-order valence-corrected chi connectivity index (χ4v) is 2.49. The van der Waals surface area contributed by atoms with E-state index in [0.29, 0.717) is 12.4 Å². The van der Waals surface area contributed by atoms with Crippen LogP contribution >= 0.6 is 0 Å². The van der Waals surface area contributed by atoms with Crippen LogP contribution in [0.5, 0.6) is 6.01 Å². The predicted molar refractivity (Wildman–Crippen MR) is 73.7 cm³/mol. The number of rotatable bonds is 4. The summed E-state index contributed by atoms with van der Waals surface area (Å²) in [6.45, 7) is 0. The number of anilines is 1. The second-order valence-corrected chi connectivity index (χ2v) is 4.85. The number of aromatic nitrogens is 3. The molecule has 2 aromatic rings. The lowest BCUT2D eigenvalue weighted by Crippen LogP contribution is -2.15. The highest BCUT2D eigenvalue weighted by molar-refractivity contribution is 5.90. The number of methoxy groups -OCH3 is 1. The zero-order valence-corrected chi connectivity index (χ0v) is 11.3. The Hall–Kier alpha value is -2.37. The number of fused-ring (bicyclic) bond motifs is 1. The van der Waals surface area contributed by atoms with E-state index in [-0.39, 0.29) is 11.9 Å². The van der Waals surface area contributed by atoms with Crippen molar-refractivity contribution < 1.29 is 9.53 Å². The Morgan fingerprint density at radius 2 is 2.25 bits per heavy atom. The lowest BCUT2D eigenvalue weighted by atomic mass is 10.0. The highest BCUT2D eigenvalue weighted by Crippen LogP contribution is 2.23. The van der Waals surface area contributed by atoms with E-state index < -0.39 is 0 Å². The first-order chi connectivity index (χ1) is 9.74. The Bertz CT molecular complexity index is 636. The van der Waals surface area contributed by atoms with Gasteiger partial charge in [-0.3, -0.25) is 10.1 Å². The van der Waals surface area contributed by atoms with E-state index in [1.807, 2.05) is 6.07 Å². The van der Waals surface area contributed by atoms with Gasteiger partial charge in [0.15, 0.2) is 0 Å². The molecule has 0 bridgehead atoms. The molecule has 1 amide bonds. The second-order valence-electron chi connectivity index (χ2n) is 4.85. The standard InChI is InChI=1S/C14H16N4O2/c1-20-14-16-13(17-18-14)15-12(19)8-9-5-6-10-3-2-4-11(10)7-9/h5-7H,2-4,8H2,1H3,(H2,15,16,17,18,19). The average Bonchev–Trinajstić information content (AvgIpc) is 3.06. The van der Waals surface area contributed by atoms with Crippen molar-refractivity contribution in [2.45, 2.75) is 25.7 Å². The smallest absolute Gasteiger partial charge is 0.336 e. The van der Waals surface area contributed by atoms with Gasteiger partial charge in [-0.1, -0.05) is 18.2 Å². The third kappa shape index (κ3) is 2.64. The molecular weight excluding hydrogens is 256 g/mol. The van der Waals surface area contributed by atoms with Crippen molar-refractivity contribution in [1.82, 2.24) is 15.2 Å². The molecule has 6 heteroatoms. The molecule has 1 aliphatic rings. The fraction of sp³-hybridized carbons (Fsp3) is 0.357. The first kappa shape index (κ1) is 12.7. The molecule has 0 radical (unpaired) electrons. The Kier molecular flexibility index (Phi) is 3.37. The number of H-pyrrole nitrogens is 1. The molecule has 0 spiro atoms. The van der Waals surface area contributed by atoms with Gasteiger partial charge in [0, 0.05) is 0 Å². The molecule has 20 heavy (non-hydrogen) atoms. The molecule has 1 aliphatic carbocycles. The molecule has 6 nitrogen and oxygen atoms in total. The van der Waals surface area contributed by atoms with E-state index in [2.05, 4.69) is 32.6 Å². The predicted octanol–water partition coefficient (Wildman–Crippen LogP) is 1.48. The minimum absolute atomic E-state index is 0.123. The minimum Gasteiger partial charge on any atom is -0.466 e.